The van der Waals surface area contributed by atoms with Crippen LogP contribution in [0.1, 0.15) is 10.4 Å². The molecule has 0 atom stereocenters. The second-order valence-electron chi connectivity index (χ2n) is 6.39. The Morgan fingerprint density at radius 3 is 2.29 bits per heavy atom. The van der Waals surface area contributed by atoms with E-state index in [1.54, 1.807) is 23.0 Å². The van der Waals surface area contributed by atoms with Gasteiger partial charge in [0.05, 0.1) is 17.4 Å². The van der Waals surface area contributed by atoms with Crippen LogP contribution in [0.15, 0.2) is 85.2 Å². The standard InChI is InChI=1S/C23H18N2O3/c26-22(19-12-10-18(11-13-19)17-6-2-1-3-7-17)15-28-23(27)14-25-16-24-20-8-4-5-9-21(20)25/h1-13,16H,14-15H2. The second kappa shape index (κ2) is 7.88. The smallest absolute Gasteiger partial charge is 0.326 e. The highest BCUT2D eigenvalue weighted by Gasteiger charge is 2.12. The summed E-state index contributed by atoms with van der Waals surface area (Å²) in [6.45, 7) is -0.267. The zero-order chi connectivity index (χ0) is 19.3. The van der Waals surface area contributed by atoms with Crippen molar-refractivity contribution in [3.8, 4) is 11.1 Å². The predicted octanol–water partition coefficient (Wildman–Crippen LogP) is 4.13. The Morgan fingerprint density at radius 1 is 0.821 bits per heavy atom. The third-order valence-corrected chi connectivity index (χ3v) is 4.51. The van der Waals surface area contributed by atoms with E-state index in [-0.39, 0.29) is 18.9 Å². The lowest BCUT2D eigenvalue weighted by atomic mass is 10.0. The maximum absolute atomic E-state index is 12.3. The number of hydrogen-bond donors (Lipinski definition) is 0. The van der Waals surface area contributed by atoms with E-state index in [1.165, 1.54) is 0 Å². The molecule has 4 aromatic rings. The monoisotopic (exact) mass is 370 g/mol. The molecule has 0 saturated carbocycles. The molecule has 3 aromatic carbocycles. The van der Waals surface area contributed by atoms with Crippen LogP contribution in [-0.4, -0.2) is 27.9 Å². The van der Waals surface area contributed by atoms with Gasteiger partial charge in [0.2, 0.25) is 0 Å². The number of benzene rings is 3. The van der Waals surface area contributed by atoms with Gasteiger partial charge in [-0.3, -0.25) is 9.59 Å². The van der Waals surface area contributed by atoms with Crippen LogP contribution in [0.3, 0.4) is 0 Å². The molecule has 138 valence electrons. The van der Waals surface area contributed by atoms with Gasteiger partial charge in [-0.2, -0.15) is 0 Å². The van der Waals surface area contributed by atoms with Crippen molar-refractivity contribution in [1.29, 1.82) is 0 Å². The van der Waals surface area contributed by atoms with Crippen molar-refractivity contribution in [3.63, 3.8) is 0 Å². The van der Waals surface area contributed by atoms with Gasteiger partial charge in [0.15, 0.2) is 12.4 Å². The number of esters is 1. The van der Waals surface area contributed by atoms with Crippen LogP contribution in [0, 0.1) is 0 Å². The predicted molar refractivity (Wildman–Crippen MR) is 107 cm³/mol. The van der Waals surface area contributed by atoms with E-state index in [4.69, 9.17) is 4.74 Å². The zero-order valence-corrected chi connectivity index (χ0v) is 15.1. The summed E-state index contributed by atoms with van der Waals surface area (Å²) in [7, 11) is 0. The third-order valence-electron chi connectivity index (χ3n) is 4.51. The highest BCUT2D eigenvalue weighted by atomic mass is 16.5. The van der Waals surface area contributed by atoms with Crippen molar-refractivity contribution < 1.29 is 14.3 Å². The molecule has 0 aliphatic carbocycles. The van der Waals surface area contributed by atoms with Gasteiger partial charge in [-0.15, -0.1) is 0 Å². The molecule has 0 fully saturated rings. The first kappa shape index (κ1) is 17.7. The summed E-state index contributed by atoms with van der Waals surface area (Å²) in [6, 6.07) is 24.7. The van der Waals surface area contributed by atoms with Gasteiger partial charge in [0.25, 0.3) is 0 Å². The number of hydrogen-bond acceptors (Lipinski definition) is 4. The lowest BCUT2D eigenvalue weighted by Crippen LogP contribution is -2.18. The SMILES string of the molecule is O=C(Cn1cnc2ccccc21)OCC(=O)c1ccc(-c2ccccc2)cc1. The number of carbonyl (C=O) groups excluding carboxylic acids is 2. The van der Waals surface area contributed by atoms with Crippen LogP contribution >= 0.6 is 0 Å². The molecule has 0 N–H and O–H groups in total. The number of nitrogens with zero attached hydrogens (tertiary/aromatic N) is 2. The first-order valence-electron chi connectivity index (χ1n) is 8.95. The van der Waals surface area contributed by atoms with Crippen LogP contribution in [-0.2, 0) is 16.1 Å². The minimum atomic E-state index is -0.475. The maximum Gasteiger partial charge on any atom is 0.326 e. The molecule has 0 spiro atoms. The average Bonchev–Trinajstić information content (AvgIpc) is 3.15. The Bertz CT molecular complexity index is 1120. The van der Waals surface area contributed by atoms with Crippen LogP contribution < -0.4 is 0 Å². The summed E-state index contributed by atoms with van der Waals surface area (Å²) < 4.78 is 6.86. The molecule has 28 heavy (non-hydrogen) atoms. The van der Waals surface area contributed by atoms with Crippen molar-refractivity contribution in [1.82, 2.24) is 9.55 Å². The van der Waals surface area contributed by atoms with Gasteiger partial charge in [-0.25, -0.2) is 4.98 Å². The van der Waals surface area contributed by atoms with Crippen molar-refractivity contribution in [3.05, 3.63) is 90.8 Å². The molecular weight excluding hydrogens is 352 g/mol. The molecular formula is C23H18N2O3. The summed E-state index contributed by atoms with van der Waals surface area (Å²) >= 11 is 0. The molecule has 0 aliphatic heterocycles. The highest BCUT2D eigenvalue weighted by Crippen LogP contribution is 2.19. The van der Waals surface area contributed by atoms with E-state index in [2.05, 4.69) is 4.98 Å². The molecule has 0 amide bonds. The van der Waals surface area contributed by atoms with Crippen molar-refractivity contribution in [2.45, 2.75) is 6.54 Å². The topological polar surface area (TPSA) is 61.2 Å². The molecule has 0 saturated heterocycles. The number of ether oxygens (including phenoxy) is 1. The minimum absolute atomic E-state index is 0.0146. The number of rotatable bonds is 6. The molecule has 1 aromatic heterocycles. The highest BCUT2D eigenvalue weighted by molar-refractivity contribution is 5.98. The van der Waals surface area contributed by atoms with E-state index < -0.39 is 5.97 Å². The molecule has 5 nitrogen and oxygen atoms in total. The van der Waals surface area contributed by atoms with Crippen LogP contribution in [0.5, 0.6) is 0 Å². The summed E-state index contributed by atoms with van der Waals surface area (Å²) in [4.78, 5) is 28.7. The maximum atomic E-state index is 12.3. The first-order valence-corrected chi connectivity index (χ1v) is 8.95. The van der Waals surface area contributed by atoms with Crippen molar-refractivity contribution in [2.24, 2.45) is 0 Å². The second-order valence-corrected chi connectivity index (χ2v) is 6.39. The van der Waals surface area contributed by atoms with Crippen molar-refractivity contribution >= 4 is 22.8 Å². The van der Waals surface area contributed by atoms with Crippen molar-refractivity contribution in [2.75, 3.05) is 6.61 Å². The van der Waals surface area contributed by atoms with E-state index >= 15 is 0 Å². The quantitative estimate of drug-likeness (QED) is 0.378. The number of fused-ring (bicyclic) bond motifs is 1. The van der Waals surface area contributed by atoms with Crippen LogP contribution in [0.2, 0.25) is 0 Å². The fraction of sp³-hybridized carbons (Fsp3) is 0.0870. The number of para-hydroxylation sites is 2. The van der Waals surface area contributed by atoms with Gasteiger partial charge in [-0.05, 0) is 23.3 Å². The minimum Gasteiger partial charge on any atom is -0.456 e. The molecule has 5 heteroatoms. The number of ketones is 1. The van der Waals surface area contributed by atoms with Crippen LogP contribution in [0.25, 0.3) is 22.2 Å². The lowest BCUT2D eigenvalue weighted by molar-refractivity contribution is -0.143. The lowest BCUT2D eigenvalue weighted by Gasteiger charge is -2.07. The van der Waals surface area contributed by atoms with Gasteiger partial charge in [0, 0.05) is 5.56 Å². The van der Waals surface area contributed by atoms with E-state index in [9.17, 15) is 9.59 Å². The fourth-order valence-electron chi connectivity index (χ4n) is 3.03. The average molecular weight is 370 g/mol. The number of aromatic nitrogens is 2. The Hall–Kier alpha value is -3.73. The molecule has 4 rings (SSSR count). The number of carbonyl (C=O) groups is 2. The Kier molecular flexibility index (Phi) is 4.97. The largest absolute Gasteiger partial charge is 0.456 e. The summed E-state index contributed by atoms with van der Waals surface area (Å²) in [5.41, 5.74) is 4.29. The zero-order valence-electron chi connectivity index (χ0n) is 15.1. The Balaban J connectivity index is 1.35. The number of Topliss-reactive ketones (excluding diaryl/α,β-unsaturated/α-hetero) is 1. The first-order chi connectivity index (χ1) is 13.7. The molecule has 0 aliphatic rings. The summed E-state index contributed by atoms with van der Waals surface area (Å²) in [5.74, 6) is -0.708. The third kappa shape index (κ3) is 3.83. The molecule has 0 radical (unpaired) electrons. The van der Waals surface area contributed by atoms with Gasteiger partial charge in [0.1, 0.15) is 6.54 Å². The fourth-order valence-corrected chi connectivity index (χ4v) is 3.03. The van der Waals surface area contributed by atoms with Gasteiger partial charge >= 0.3 is 5.97 Å². The molecule has 1 heterocycles. The Labute approximate surface area is 162 Å². The van der Waals surface area contributed by atoms with E-state index in [1.807, 2.05) is 66.7 Å². The normalized spacial score (nSPS) is 10.7. The van der Waals surface area contributed by atoms with E-state index in [0.29, 0.717) is 5.56 Å². The van der Waals surface area contributed by atoms with Crippen LogP contribution in [0.4, 0.5) is 0 Å². The molecule has 0 bridgehead atoms. The van der Waals surface area contributed by atoms with Gasteiger partial charge < -0.3 is 9.30 Å². The number of imidazole rings is 1. The summed E-state index contributed by atoms with van der Waals surface area (Å²) in [5, 5.41) is 0. The summed E-state index contributed by atoms with van der Waals surface area (Å²) in [6.07, 6.45) is 1.59. The van der Waals surface area contributed by atoms with Gasteiger partial charge in [-0.1, -0.05) is 66.7 Å². The van der Waals surface area contributed by atoms with E-state index in [0.717, 1.165) is 22.2 Å². The molecule has 0 unspecified atom stereocenters. The Morgan fingerprint density at radius 2 is 1.50 bits per heavy atom.